The van der Waals surface area contributed by atoms with Crippen LogP contribution in [0.1, 0.15) is 57.0 Å². The van der Waals surface area contributed by atoms with Gasteiger partial charge in [-0.05, 0) is 37.3 Å². The Bertz CT molecular complexity index is 1290. The van der Waals surface area contributed by atoms with E-state index in [1.54, 1.807) is 10.9 Å². The topological polar surface area (TPSA) is 128 Å². The van der Waals surface area contributed by atoms with E-state index in [0.29, 0.717) is 23.7 Å². The van der Waals surface area contributed by atoms with Crippen molar-refractivity contribution in [1.29, 1.82) is 0 Å². The maximum Gasteiger partial charge on any atom is 0.417 e. The lowest BCUT2D eigenvalue weighted by Gasteiger charge is -2.25. The number of nitrogens with two attached hydrogens (primary N) is 1. The summed E-state index contributed by atoms with van der Waals surface area (Å²) in [6.45, 7) is 4.55. The summed E-state index contributed by atoms with van der Waals surface area (Å²) in [7, 11) is 0. The minimum Gasteiger partial charge on any atom is -0.383 e. The fourth-order valence-electron chi connectivity index (χ4n) is 4.14. The van der Waals surface area contributed by atoms with Crippen LogP contribution in [-0.2, 0) is 27.0 Å². The molecule has 0 radical (unpaired) electrons. The third kappa shape index (κ3) is 6.21. The molecule has 4 heterocycles. The molecule has 4 rings (SSSR count). The third-order valence-electron chi connectivity index (χ3n) is 6.51. The van der Waals surface area contributed by atoms with Gasteiger partial charge in [0, 0.05) is 25.5 Å². The van der Waals surface area contributed by atoms with Crippen molar-refractivity contribution in [2.45, 2.75) is 58.5 Å². The molecule has 1 unspecified atom stereocenters. The Morgan fingerprint density at radius 2 is 2.05 bits per heavy atom. The van der Waals surface area contributed by atoms with Gasteiger partial charge in [0.25, 0.3) is 0 Å². The highest BCUT2D eigenvalue weighted by Crippen LogP contribution is 2.30. The number of carbonyl (C=O) groups excluding carboxylic acids is 2. The molecular formula is C25H30F3N7O3. The molecule has 13 heteroatoms. The second-order valence-electron chi connectivity index (χ2n) is 9.44. The number of nitrogens with one attached hydrogen (secondary N) is 1. The maximum atomic E-state index is 13.2. The lowest BCUT2D eigenvalue weighted by Crippen LogP contribution is -2.41. The van der Waals surface area contributed by atoms with E-state index in [1.165, 1.54) is 17.2 Å². The zero-order chi connectivity index (χ0) is 27.4. The highest BCUT2D eigenvalue weighted by atomic mass is 19.4. The van der Waals surface area contributed by atoms with Gasteiger partial charge in [0.05, 0.1) is 35.1 Å². The smallest absolute Gasteiger partial charge is 0.383 e. The molecule has 0 aromatic carbocycles. The number of anilines is 2. The average molecular weight is 534 g/mol. The van der Waals surface area contributed by atoms with Crippen molar-refractivity contribution >= 4 is 34.2 Å². The number of halogens is 3. The average Bonchev–Trinajstić information content (AvgIpc) is 3.36. The minimum atomic E-state index is -4.52. The Hall–Kier alpha value is -3.74. The first-order valence-electron chi connectivity index (χ1n) is 12.4. The van der Waals surface area contributed by atoms with Crippen molar-refractivity contribution < 1.29 is 27.5 Å². The number of nitrogens with zero attached hydrogens (tertiary/aromatic N) is 5. The molecular weight excluding hydrogens is 503 g/mol. The normalized spacial score (nSPS) is 16.8. The van der Waals surface area contributed by atoms with Gasteiger partial charge in [0.15, 0.2) is 0 Å². The quantitative estimate of drug-likeness (QED) is 0.437. The fourth-order valence-corrected chi connectivity index (χ4v) is 4.14. The molecule has 3 aromatic rings. The van der Waals surface area contributed by atoms with Crippen molar-refractivity contribution in [3.8, 4) is 0 Å². The van der Waals surface area contributed by atoms with Crippen LogP contribution in [0, 0.1) is 5.92 Å². The van der Waals surface area contributed by atoms with E-state index in [2.05, 4.69) is 20.4 Å². The number of hydrogen-bond donors (Lipinski definition) is 2. The van der Waals surface area contributed by atoms with E-state index >= 15 is 0 Å². The number of amides is 2. The number of fused-ring (bicyclic) bond motifs is 1. The summed E-state index contributed by atoms with van der Waals surface area (Å²) in [5.74, 6) is -1.53. The fraction of sp³-hybridized carbons (Fsp3) is 0.480. The largest absolute Gasteiger partial charge is 0.417 e. The summed E-state index contributed by atoms with van der Waals surface area (Å²) in [5.41, 5.74) is 5.94. The number of hydrogen-bond acceptors (Lipinski definition) is 7. The first-order valence-corrected chi connectivity index (χ1v) is 12.4. The molecule has 0 aliphatic carbocycles. The molecule has 2 atom stereocenters. The SMILES string of the molecule is CC[C@@H](C)CN(Cc1ccc(C(F)(F)F)cn1)C(=O)C(=O)Nc1cnc(N)c2cn(C3CCCCO3)nc12. The maximum absolute atomic E-state index is 13.2. The van der Waals surface area contributed by atoms with Crippen LogP contribution in [0.5, 0.6) is 0 Å². The first-order chi connectivity index (χ1) is 18.1. The van der Waals surface area contributed by atoms with E-state index < -0.39 is 23.6 Å². The molecule has 2 amide bonds. The van der Waals surface area contributed by atoms with Gasteiger partial charge in [-0.3, -0.25) is 14.6 Å². The van der Waals surface area contributed by atoms with E-state index in [0.717, 1.165) is 31.7 Å². The van der Waals surface area contributed by atoms with Crippen LogP contribution < -0.4 is 11.1 Å². The summed E-state index contributed by atoms with van der Waals surface area (Å²) >= 11 is 0. The van der Waals surface area contributed by atoms with Crippen LogP contribution in [0.25, 0.3) is 10.9 Å². The number of carbonyl (C=O) groups is 2. The molecule has 0 saturated carbocycles. The molecule has 10 nitrogen and oxygen atoms in total. The van der Waals surface area contributed by atoms with E-state index in [1.807, 2.05) is 13.8 Å². The van der Waals surface area contributed by atoms with Gasteiger partial charge in [-0.25, -0.2) is 9.67 Å². The summed E-state index contributed by atoms with van der Waals surface area (Å²) in [6, 6.07) is 2.10. The van der Waals surface area contributed by atoms with Gasteiger partial charge in [-0.1, -0.05) is 20.3 Å². The molecule has 1 fully saturated rings. The number of nitrogen functional groups attached to an aromatic ring is 1. The van der Waals surface area contributed by atoms with Crippen molar-refractivity contribution in [2.24, 2.45) is 5.92 Å². The van der Waals surface area contributed by atoms with Gasteiger partial charge in [0.2, 0.25) is 0 Å². The predicted octanol–water partition coefficient (Wildman–Crippen LogP) is 4.14. The predicted molar refractivity (Wildman–Crippen MR) is 134 cm³/mol. The molecule has 1 aliphatic heterocycles. The van der Waals surface area contributed by atoms with Gasteiger partial charge < -0.3 is 20.7 Å². The Labute approximate surface area is 217 Å². The van der Waals surface area contributed by atoms with Gasteiger partial charge >= 0.3 is 18.0 Å². The van der Waals surface area contributed by atoms with Crippen molar-refractivity contribution in [3.63, 3.8) is 0 Å². The first kappa shape index (κ1) is 27.3. The minimum absolute atomic E-state index is 0.0392. The Kier molecular flexibility index (Phi) is 8.14. The van der Waals surface area contributed by atoms with Crippen LogP contribution in [0.15, 0.2) is 30.7 Å². The van der Waals surface area contributed by atoms with Gasteiger partial charge in [-0.15, -0.1) is 0 Å². The van der Waals surface area contributed by atoms with Gasteiger partial charge in [0.1, 0.15) is 17.6 Å². The number of pyridine rings is 2. The van der Waals surface area contributed by atoms with Crippen LogP contribution in [-0.4, -0.2) is 49.6 Å². The Morgan fingerprint density at radius 1 is 1.26 bits per heavy atom. The zero-order valence-electron chi connectivity index (χ0n) is 21.2. The highest BCUT2D eigenvalue weighted by molar-refractivity contribution is 6.40. The second-order valence-corrected chi connectivity index (χ2v) is 9.44. The lowest BCUT2D eigenvalue weighted by atomic mass is 10.1. The number of rotatable bonds is 7. The van der Waals surface area contributed by atoms with Crippen molar-refractivity contribution in [1.82, 2.24) is 24.6 Å². The standard InChI is InChI=1S/C25H30F3N7O3/c1-3-15(2)12-34(13-17-8-7-16(10-30-17)25(26,27)28)24(37)23(36)32-19-11-31-22(29)18-14-35(33-21(18)19)20-6-4-5-9-38-20/h7-8,10-11,14-15,20H,3-6,9,12-13H2,1-2H3,(H2,29,31)(H,32,36)/t15-,20?/m1/s1. The summed E-state index contributed by atoms with van der Waals surface area (Å²) < 4.78 is 46.1. The van der Waals surface area contributed by atoms with E-state index in [4.69, 9.17) is 10.5 Å². The van der Waals surface area contributed by atoms with Crippen molar-refractivity contribution in [2.75, 3.05) is 24.2 Å². The highest BCUT2D eigenvalue weighted by Gasteiger charge is 2.31. The van der Waals surface area contributed by atoms with Gasteiger partial charge in [-0.2, -0.15) is 18.3 Å². The second kappa shape index (κ2) is 11.3. The molecule has 3 aromatic heterocycles. The summed E-state index contributed by atoms with van der Waals surface area (Å²) in [6.07, 6.45) is 2.44. The third-order valence-corrected chi connectivity index (χ3v) is 6.51. The molecule has 1 aliphatic rings. The lowest BCUT2D eigenvalue weighted by molar-refractivity contribution is -0.144. The Balaban J connectivity index is 1.54. The summed E-state index contributed by atoms with van der Waals surface area (Å²) in [4.78, 5) is 35.5. The molecule has 1 saturated heterocycles. The summed E-state index contributed by atoms with van der Waals surface area (Å²) in [5, 5.41) is 7.63. The van der Waals surface area contributed by atoms with Crippen molar-refractivity contribution in [3.05, 3.63) is 42.0 Å². The molecule has 0 bridgehead atoms. The zero-order valence-corrected chi connectivity index (χ0v) is 21.2. The molecule has 3 N–H and O–H groups in total. The monoisotopic (exact) mass is 533 g/mol. The van der Waals surface area contributed by atoms with Crippen LogP contribution in [0.3, 0.4) is 0 Å². The van der Waals surface area contributed by atoms with E-state index in [9.17, 15) is 22.8 Å². The molecule has 0 spiro atoms. The van der Waals surface area contributed by atoms with Crippen LogP contribution >= 0.6 is 0 Å². The van der Waals surface area contributed by atoms with Crippen LogP contribution in [0.4, 0.5) is 24.7 Å². The molecule has 38 heavy (non-hydrogen) atoms. The molecule has 204 valence electrons. The van der Waals surface area contributed by atoms with E-state index in [-0.39, 0.29) is 42.4 Å². The Morgan fingerprint density at radius 3 is 2.68 bits per heavy atom. The number of ether oxygens (including phenoxy) is 1. The van der Waals surface area contributed by atoms with Crippen LogP contribution in [0.2, 0.25) is 0 Å². The number of aromatic nitrogens is 4. The number of alkyl halides is 3.